The first-order chi connectivity index (χ1) is 15.9. The predicted octanol–water partition coefficient (Wildman–Crippen LogP) is 3.37. The zero-order valence-electron chi connectivity index (χ0n) is 19.0. The molecule has 0 radical (unpaired) electrons. The van der Waals surface area contributed by atoms with Gasteiger partial charge in [0.05, 0.1) is 6.04 Å². The van der Waals surface area contributed by atoms with Crippen LogP contribution >= 0.6 is 0 Å². The molecule has 4 aromatic rings. The number of nitrogens with two attached hydrogens (primary N) is 1. The Morgan fingerprint density at radius 2 is 1.39 bits per heavy atom. The van der Waals surface area contributed by atoms with Crippen molar-refractivity contribution in [3.05, 3.63) is 72.1 Å². The van der Waals surface area contributed by atoms with E-state index in [9.17, 15) is 9.59 Å². The van der Waals surface area contributed by atoms with Gasteiger partial charge in [0, 0.05) is 47.0 Å². The Balaban J connectivity index is 1.48. The third-order valence-electron chi connectivity index (χ3n) is 5.80. The third kappa shape index (κ3) is 5.43. The van der Waals surface area contributed by atoms with E-state index in [1.54, 1.807) is 0 Å². The van der Waals surface area contributed by atoms with Crippen LogP contribution in [-0.2, 0) is 22.4 Å². The van der Waals surface area contributed by atoms with Gasteiger partial charge in [0.2, 0.25) is 11.8 Å². The second-order valence-corrected chi connectivity index (χ2v) is 8.96. The van der Waals surface area contributed by atoms with Crippen LogP contribution in [0.3, 0.4) is 0 Å². The van der Waals surface area contributed by atoms with Crippen molar-refractivity contribution in [1.29, 1.82) is 0 Å². The third-order valence-corrected chi connectivity index (χ3v) is 5.80. The number of para-hydroxylation sites is 2. The summed E-state index contributed by atoms with van der Waals surface area (Å²) in [5.41, 5.74) is 10.3. The first kappa shape index (κ1) is 22.6. The Morgan fingerprint density at radius 1 is 0.848 bits per heavy atom. The van der Waals surface area contributed by atoms with Gasteiger partial charge in [-0.1, -0.05) is 50.2 Å². The number of H-pyrrole nitrogens is 2. The van der Waals surface area contributed by atoms with Crippen LogP contribution in [0.5, 0.6) is 0 Å². The van der Waals surface area contributed by atoms with E-state index in [-0.39, 0.29) is 17.7 Å². The van der Waals surface area contributed by atoms with Gasteiger partial charge in [0.25, 0.3) is 0 Å². The number of carbonyl (C=O) groups is 2. The van der Waals surface area contributed by atoms with E-state index < -0.39 is 12.2 Å². The Labute approximate surface area is 193 Å². The fraction of sp³-hybridized carbons (Fsp3) is 0.308. The number of nitrogens with one attached hydrogen (secondary N) is 4. The van der Waals surface area contributed by atoms with Gasteiger partial charge < -0.3 is 26.3 Å². The topological polar surface area (TPSA) is 116 Å². The molecule has 4 rings (SSSR count). The number of benzene rings is 2. The van der Waals surface area contributed by atoms with E-state index in [0.717, 1.165) is 32.9 Å². The maximum absolute atomic E-state index is 13.0. The molecule has 0 spiro atoms. The number of aromatic nitrogens is 2. The van der Waals surface area contributed by atoms with Crippen molar-refractivity contribution in [1.82, 2.24) is 20.6 Å². The molecular formula is C26H31N5O2. The number of hydrogen-bond donors (Lipinski definition) is 5. The van der Waals surface area contributed by atoms with Crippen LogP contribution < -0.4 is 16.4 Å². The molecule has 0 fully saturated rings. The fourth-order valence-corrected chi connectivity index (χ4v) is 4.19. The summed E-state index contributed by atoms with van der Waals surface area (Å²) in [5, 5.41) is 8.07. The van der Waals surface area contributed by atoms with E-state index in [0.29, 0.717) is 19.3 Å². The maximum atomic E-state index is 13.0. The molecule has 0 aliphatic rings. The van der Waals surface area contributed by atoms with Crippen LogP contribution in [0, 0.1) is 5.92 Å². The quantitative estimate of drug-likeness (QED) is 0.254. The molecular weight excluding hydrogens is 414 g/mol. The molecule has 7 heteroatoms. The van der Waals surface area contributed by atoms with E-state index >= 15 is 0 Å². The van der Waals surface area contributed by atoms with Crippen molar-refractivity contribution in [3.8, 4) is 0 Å². The van der Waals surface area contributed by atoms with Crippen molar-refractivity contribution in [3.63, 3.8) is 0 Å². The smallest absolute Gasteiger partial charge is 0.238 e. The number of carbonyl (C=O) groups excluding carboxylic acids is 2. The zero-order valence-corrected chi connectivity index (χ0v) is 19.0. The van der Waals surface area contributed by atoms with E-state index in [4.69, 9.17) is 5.73 Å². The first-order valence-corrected chi connectivity index (χ1v) is 11.4. The van der Waals surface area contributed by atoms with E-state index in [1.807, 2.05) is 74.8 Å². The molecule has 2 heterocycles. The molecule has 2 aromatic carbocycles. The largest absolute Gasteiger partial charge is 0.361 e. The number of amides is 2. The maximum Gasteiger partial charge on any atom is 0.238 e. The van der Waals surface area contributed by atoms with Crippen molar-refractivity contribution >= 4 is 33.6 Å². The molecule has 0 unspecified atom stereocenters. The van der Waals surface area contributed by atoms with Crippen molar-refractivity contribution < 1.29 is 9.59 Å². The lowest BCUT2D eigenvalue weighted by atomic mass is 10.0. The highest BCUT2D eigenvalue weighted by Crippen LogP contribution is 2.20. The van der Waals surface area contributed by atoms with Crippen LogP contribution in [-0.4, -0.2) is 34.0 Å². The SMILES string of the molecule is CC(C)CC(=O)N[C@H](Cc1c[nH]c2ccccc12)NC(=O)[C@H](N)Cc1c[nH]c2ccccc12. The Bertz CT molecular complexity index is 1260. The van der Waals surface area contributed by atoms with Gasteiger partial charge in [-0.3, -0.25) is 9.59 Å². The lowest BCUT2D eigenvalue weighted by Crippen LogP contribution is -2.54. The van der Waals surface area contributed by atoms with Crippen molar-refractivity contribution in [2.75, 3.05) is 0 Å². The average Bonchev–Trinajstić information content (AvgIpc) is 3.37. The molecule has 0 aliphatic carbocycles. The number of rotatable bonds is 9. The van der Waals surface area contributed by atoms with Crippen LogP contribution in [0.25, 0.3) is 21.8 Å². The van der Waals surface area contributed by atoms with Crippen molar-refractivity contribution in [2.45, 2.75) is 45.3 Å². The van der Waals surface area contributed by atoms with Gasteiger partial charge in [0.1, 0.15) is 6.17 Å². The lowest BCUT2D eigenvalue weighted by Gasteiger charge is -2.23. The van der Waals surface area contributed by atoms with E-state index in [2.05, 4.69) is 20.6 Å². The van der Waals surface area contributed by atoms with E-state index in [1.165, 1.54) is 0 Å². The highest BCUT2D eigenvalue weighted by Gasteiger charge is 2.22. The van der Waals surface area contributed by atoms with Crippen molar-refractivity contribution in [2.24, 2.45) is 11.7 Å². The summed E-state index contributed by atoms with van der Waals surface area (Å²) in [6.07, 6.45) is 4.50. The Hall–Kier alpha value is -3.58. The summed E-state index contributed by atoms with van der Waals surface area (Å²) < 4.78 is 0. The normalized spacial score (nSPS) is 13.3. The molecule has 33 heavy (non-hydrogen) atoms. The second-order valence-electron chi connectivity index (χ2n) is 8.96. The summed E-state index contributed by atoms with van der Waals surface area (Å²) >= 11 is 0. The summed E-state index contributed by atoms with van der Waals surface area (Å²) in [5.74, 6) is -0.172. The Morgan fingerprint density at radius 3 is 1.97 bits per heavy atom. The van der Waals surface area contributed by atoms with Crippen LogP contribution in [0.4, 0.5) is 0 Å². The number of hydrogen-bond acceptors (Lipinski definition) is 3. The Kier molecular flexibility index (Phi) is 6.79. The van der Waals surface area contributed by atoms with Crippen LogP contribution in [0.2, 0.25) is 0 Å². The van der Waals surface area contributed by atoms with Gasteiger partial charge >= 0.3 is 0 Å². The van der Waals surface area contributed by atoms with Crippen LogP contribution in [0.15, 0.2) is 60.9 Å². The van der Waals surface area contributed by atoms with Gasteiger partial charge in [-0.05, 0) is 35.6 Å². The van der Waals surface area contributed by atoms with Crippen LogP contribution in [0.1, 0.15) is 31.4 Å². The molecule has 6 N–H and O–H groups in total. The summed E-state index contributed by atoms with van der Waals surface area (Å²) in [4.78, 5) is 32.0. The van der Waals surface area contributed by atoms with Gasteiger partial charge in [-0.15, -0.1) is 0 Å². The molecule has 0 aliphatic heterocycles. The standard InChI is InChI=1S/C26H31N5O2/c1-16(2)11-25(32)30-24(13-18-15-29-23-10-6-4-8-20(18)23)31-26(33)21(27)12-17-14-28-22-9-5-3-7-19(17)22/h3-10,14-16,21,24,28-29H,11-13,27H2,1-2H3,(H,30,32)(H,31,33)/t21-,24+/m1/s1. The fourth-order valence-electron chi connectivity index (χ4n) is 4.19. The van der Waals surface area contributed by atoms with Gasteiger partial charge in [-0.25, -0.2) is 0 Å². The minimum Gasteiger partial charge on any atom is -0.361 e. The highest BCUT2D eigenvalue weighted by molar-refractivity contribution is 5.87. The summed E-state index contributed by atoms with van der Waals surface area (Å²) in [6, 6.07) is 15.2. The molecule has 7 nitrogen and oxygen atoms in total. The molecule has 2 atom stereocenters. The second kappa shape index (κ2) is 9.92. The summed E-state index contributed by atoms with van der Waals surface area (Å²) in [6.45, 7) is 3.98. The minimum absolute atomic E-state index is 0.0969. The van der Waals surface area contributed by atoms with Gasteiger partial charge in [0.15, 0.2) is 0 Å². The molecule has 2 amide bonds. The predicted molar refractivity (Wildman–Crippen MR) is 132 cm³/mol. The average molecular weight is 446 g/mol. The molecule has 0 bridgehead atoms. The first-order valence-electron chi connectivity index (χ1n) is 11.4. The molecule has 0 saturated heterocycles. The number of aromatic amines is 2. The highest BCUT2D eigenvalue weighted by atomic mass is 16.2. The molecule has 172 valence electrons. The zero-order chi connectivity index (χ0) is 23.4. The van der Waals surface area contributed by atoms with Gasteiger partial charge in [-0.2, -0.15) is 0 Å². The summed E-state index contributed by atoms with van der Waals surface area (Å²) in [7, 11) is 0. The minimum atomic E-state index is -0.739. The molecule has 0 saturated carbocycles. The molecule has 2 aromatic heterocycles. The monoisotopic (exact) mass is 445 g/mol. The lowest BCUT2D eigenvalue weighted by molar-refractivity contribution is -0.125. The number of fused-ring (bicyclic) bond motifs is 2.